The molecule has 1 amide bonds. The van der Waals surface area contributed by atoms with Crippen LogP contribution in [0.15, 0.2) is 24.3 Å². The number of carbonyl (C=O) groups is 1. The second-order valence-electron chi connectivity index (χ2n) is 5.70. The molecule has 0 aromatic heterocycles. The van der Waals surface area contributed by atoms with Gasteiger partial charge in [-0.25, -0.2) is 8.42 Å². The Hall–Kier alpha value is -1.60. The Labute approximate surface area is 132 Å². The Kier molecular flexibility index (Phi) is 5.42. The third kappa shape index (κ3) is 4.20. The molecule has 0 saturated carbocycles. The van der Waals surface area contributed by atoms with Crippen LogP contribution in [0.5, 0.6) is 0 Å². The summed E-state index contributed by atoms with van der Waals surface area (Å²) in [5, 5.41) is 2.83. The molecular formula is C15H23N3O3S. The average Bonchev–Trinajstić information content (AvgIpc) is 2.46. The minimum atomic E-state index is -3.25. The zero-order valence-corrected chi connectivity index (χ0v) is 13.9. The summed E-state index contributed by atoms with van der Waals surface area (Å²) in [6.07, 6.45) is 1.54. The van der Waals surface area contributed by atoms with Gasteiger partial charge in [0.15, 0.2) is 0 Å². The van der Waals surface area contributed by atoms with E-state index in [1.54, 1.807) is 24.3 Å². The summed E-state index contributed by atoms with van der Waals surface area (Å²) in [6, 6.07) is 6.80. The topological polar surface area (TPSA) is 69.7 Å². The van der Waals surface area contributed by atoms with Gasteiger partial charge in [-0.1, -0.05) is 6.07 Å². The van der Waals surface area contributed by atoms with Crippen LogP contribution in [0.3, 0.4) is 0 Å². The maximum Gasteiger partial charge on any atom is 0.251 e. The van der Waals surface area contributed by atoms with Gasteiger partial charge < -0.3 is 10.2 Å². The quantitative estimate of drug-likeness (QED) is 0.873. The number of nitrogens with zero attached hydrogens (tertiary/aromatic N) is 2. The normalized spacial score (nSPS) is 17.5. The largest absolute Gasteiger partial charge is 0.351 e. The highest BCUT2D eigenvalue weighted by Crippen LogP contribution is 2.24. The molecule has 1 fully saturated rings. The number of hydrogen-bond donors (Lipinski definition) is 1. The van der Waals surface area contributed by atoms with E-state index in [1.807, 2.05) is 19.0 Å². The first-order valence-corrected chi connectivity index (χ1v) is 9.04. The second-order valence-corrected chi connectivity index (χ2v) is 7.72. The Morgan fingerprint density at radius 2 is 2.09 bits per heavy atom. The van der Waals surface area contributed by atoms with E-state index in [0.29, 0.717) is 30.8 Å². The molecule has 0 unspecified atom stereocenters. The van der Waals surface area contributed by atoms with E-state index in [9.17, 15) is 13.2 Å². The first-order valence-electron chi connectivity index (χ1n) is 7.43. The minimum absolute atomic E-state index is 0.173. The Morgan fingerprint density at radius 3 is 2.77 bits per heavy atom. The van der Waals surface area contributed by atoms with Crippen molar-refractivity contribution in [2.45, 2.75) is 12.8 Å². The van der Waals surface area contributed by atoms with Crippen LogP contribution in [0.1, 0.15) is 23.2 Å². The standard InChI is InChI=1S/C15H23N3O3S/c1-17(2)10-8-16-15(19)13-6-5-7-14(12-13)18-9-3-4-11-22(18,20)21/h5-7,12H,3-4,8-11H2,1-2H3,(H,16,19). The SMILES string of the molecule is CN(C)CCNC(=O)c1cccc(N2CCCCS2(=O)=O)c1. The van der Waals surface area contributed by atoms with Gasteiger partial charge in [0, 0.05) is 25.2 Å². The number of likely N-dealkylation sites (N-methyl/N-ethyl adjacent to an activating group) is 1. The van der Waals surface area contributed by atoms with E-state index in [1.165, 1.54) is 4.31 Å². The first kappa shape index (κ1) is 16.8. The van der Waals surface area contributed by atoms with Gasteiger partial charge in [0.05, 0.1) is 11.4 Å². The average molecular weight is 325 g/mol. The van der Waals surface area contributed by atoms with Gasteiger partial charge in [0.1, 0.15) is 0 Å². The van der Waals surface area contributed by atoms with Crippen molar-refractivity contribution in [3.63, 3.8) is 0 Å². The van der Waals surface area contributed by atoms with Gasteiger partial charge >= 0.3 is 0 Å². The first-order chi connectivity index (χ1) is 10.4. The van der Waals surface area contributed by atoms with Crippen LogP contribution in [0.2, 0.25) is 0 Å². The van der Waals surface area contributed by atoms with Gasteiger partial charge in [0.2, 0.25) is 10.0 Å². The van der Waals surface area contributed by atoms with E-state index in [2.05, 4.69) is 5.32 Å². The van der Waals surface area contributed by atoms with Crippen molar-refractivity contribution in [2.24, 2.45) is 0 Å². The van der Waals surface area contributed by atoms with Crippen LogP contribution in [-0.4, -0.2) is 58.7 Å². The predicted octanol–water partition coefficient (Wildman–Crippen LogP) is 0.908. The molecule has 1 N–H and O–H groups in total. The van der Waals surface area contributed by atoms with E-state index in [0.717, 1.165) is 13.0 Å². The molecule has 1 aromatic rings. The monoisotopic (exact) mass is 325 g/mol. The smallest absolute Gasteiger partial charge is 0.251 e. The lowest BCUT2D eigenvalue weighted by molar-refractivity contribution is 0.0951. The van der Waals surface area contributed by atoms with Crippen LogP contribution in [-0.2, 0) is 10.0 Å². The maximum absolute atomic E-state index is 12.1. The van der Waals surface area contributed by atoms with Crippen molar-refractivity contribution >= 4 is 21.6 Å². The number of nitrogens with one attached hydrogen (secondary N) is 1. The molecule has 6 nitrogen and oxygen atoms in total. The highest BCUT2D eigenvalue weighted by Gasteiger charge is 2.26. The zero-order valence-electron chi connectivity index (χ0n) is 13.1. The molecule has 0 atom stereocenters. The molecule has 1 aliphatic heterocycles. The Bertz CT molecular complexity index is 629. The lowest BCUT2D eigenvalue weighted by atomic mass is 10.2. The van der Waals surface area contributed by atoms with Gasteiger partial charge in [-0.2, -0.15) is 0 Å². The van der Waals surface area contributed by atoms with E-state index in [4.69, 9.17) is 0 Å². The molecule has 1 aliphatic rings. The van der Waals surface area contributed by atoms with Gasteiger partial charge in [-0.05, 0) is 45.1 Å². The van der Waals surface area contributed by atoms with Gasteiger partial charge in [0.25, 0.3) is 5.91 Å². The summed E-state index contributed by atoms with van der Waals surface area (Å²) in [7, 11) is 0.625. The molecule has 7 heteroatoms. The van der Waals surface area contributed by atoms with Crippen LogP contribution in [0.25, 0.3) is 0 Å². The summed E-state index contributed by atoms with van der Waals surface area (Å²) in [6.45, 7) is 1.79. The van der Waals surface area contributed by atoms with Crippen LogP contribution < -0.4 is 9.62 Å². The van der Waals surface area contributed by atoms with E-state index < -0.39 is 10.0 Å². The summed E-state index contributed by atoms with van der Waals surface area (Å²) in [5.74, 6) is -0.00943. The van der Waals surface area contributed by atoms with E-state index >= 15 is 0 Å². The number of carbonyl (C=O) groups excluding carboxylic acids is 1. The fraction of sp³-hybridized carbons (Fsp3) is 0.533. The molecule has 0 radical (unpaired) electrons. The molecule has 2 rings (SSSR count). The number of sulfonamides is 1. The van der Waals surface area contributed by atoms with E-state index in [-0.39, 0.29) is 11.7 Å². The van der Waals surface area contributed by atoms with Crippen molar-refractivity contribution in [1.82, 2.24) is 10.2 Å². The predicted molar refractivity (Wildman–Crippen MR) is 87.7 cm³/mol. The number of benzene rings is 1. The molecule has 1 saturated heterocycles. The van der Waals surface area contributed by atoms with Crippen molar-refractivity contribution in [3.05, 3.63) is 29.8 Å². The Morgan fingerprint density at radius 1 is 1.32 bits per heavy atom. The molecule has 22 heavy (non-hydrogen) atoms. The highest BCUT2D eigenvalue weighted by atomic mass is 32.2. The van der Waals surface area contributed by atoms with Crippen LogP contribution in [0, 0.1) is 0 Å². The minimum Gasteiger partial charge on any atom is -0.351 e. The summed E-state index contributed by atoms with van der Waals surface area (Å²) < 4.78 is 25.7. The van der Waals surface area contributed by atoms with Crippen molar-refractivity contribution < 1.29 is 13.2 Å². The molecule has 0 aliphatic carbocycles. The highest BCUT2D eigenvalue weighted by molar-refractivity contribution is 7.92. The molecule has 1 aromatic carbocycles. The van der Waals surface area contributed by atoms with Crippen molar-refractivity contribution in [2.75, 3.05) is 43.8 Å². The molecular weight excluding hydrogens is 302 g/mol. The summed E-state index contributed by atoms with van der Waals surface area (Å²) >= 11 is 0. The van der Waals surface area contributed by atoms with Crippen molar-refractivity contribution in [1.29, 1.82) is 0 Å². The second kappa shape index (κ2) is 7.11. The number of anilines is 1. The van der Waals surface area contributed by atoms with Crippen molar-refractivity contribution in [3.8, 4) is 0 Å². The third-order valence-corrected chi connectivity index (χ3v) is 5.46. The fourth-order valence-electron chi connectivity index (χ4n) is 2.38. The lowest BCUT2D eigenvalue weighted by Gasteiger charge is -2.28. The molecule has 122 valence electrons. The molecule has 1 heterocycles. The van der Waals surface area contributed by atoms with Crippen LogP contribution in [0.4, 0.5) is 5.69 Å². The third-order valence-electron chi connectivity index (χ3n) is 3.59. The molecule has 0 bridgehead atoms. The Balaban J connectivity index is 2.11. The fourth-order valence-corrected chi connectivity index (χ4v) is 4.01. The van der Waals surface area contributed by atoms with Gasteiger partial charge in [-0.3, -0.25) is 9.10 Å². The number of rotatable bonds is 5. The lowest BCUT2D eigenvalue weighted by Crippen LogP contribution is -2.38. The summed E-state index contributed by atoms with van der Waals surface area (Å²) in [4.78, 5) is 14.1. The maximum atomic E-state index is 12.1. The zero-order chi connectivity index (χ0) is 16.2. The van der Waals surface area contributed by atoms with Crippen LogP contribution >= 0.6 is 0 Å². The molecule has 0 spiro atoms. The van der Waals surface area contributed by atoms with Gasteiger partial charge in [-0.15, -0.1) is 0 Å². The number of amides is 1. The number of hydrogen-bond acceptors (Lipinski definition) is 4. The summed E-state index contributed by atoms with van der Waals surface area (Å²) in [5.41, 5.74) is 1.05.